The van der Waals surface area contributed by atoms with E-state index in [2.05, 4.69) is 36.4 Å². The van der Waals surface area contributed by atoms with E-state index in [1.54, 1.807) is 7.11 Å². The number of ether oxygens (including phenoxy) is 2. The van der Waals surface area contributed by atoms with E-state index in [-0.39, 0.29) is 15.6 Å². The first kappa shape index (κ1) is 21.2. The van der Waals surface area contributed by atoms with Gasteiger partial charge in [0.05, 0.1) is 13.3 Å². The Morgan fingerprint density at radius 1 is 1.32 bits per heavy atom. The molecule has 1 aliphatic carbocycles. The number of rotatable bonds is 9. The maximum atomic E-state index is 6.60. The lowest BCUT2D eigenvalue weighted by atomic mass is 10.1. The van der Waals surface area contributed by atoms with Crippen LogP contribution in [0.3, 0.4) is 0 Å². The van der Waals surface area contributed by atoms with Gasteiger partial charge in [0.2, 0.25) is 8.37 Å². The highest BCUT2D eigenvalue weighted by Gasteiger charge is 2.61. The summed E-state index contributed by atoms with van der Waals surface area (Å²) in [5, 5.41) is 11.6. The Morgan fingerprint density at radius 2 is 2.07 bits per heavy atom. The van der Waals surface area contributed by atoms with E-state index < -0.39 is 6.85 Å². The molecule has 0 amide bonds. The fraction of sp³-hybridized carbons (Fsp3) is 0.450. The first-order chi connectivity index (χ1) is 13.5. The zero-order valence-electron chi connectivity index (χ0n) is 17.0. The van der Waals surface area contributed by atoms with Gasteiger partial charge in [-0.15, -0.1) is 5.10 Å². The van der Waals surface area contributed by atoms with Crippen molar-refractivity contribution in [2.45, 2.75) is 44.9 Å². The number of benzene rings is 1. The molecule has 3 unspecified atom stereocenters. The molecule has 0 saturated heterocycles. The molecule has 0 aromatic heterocycles. The number of hydrogen-bond acceptors (Lipinski definition) is 4. The van der Waals surface area contributed by atoms with Crippen LogP contribution in [-0.4, -0.2) is 29.1 Å². The number of nitrogens with zero attached hydrogens (tertiary/aromatic N) is 2. The second-order valence-corrected chi connectivity index (χ2v) is 13.8. The molecule has 0 spiro atoms. The summed E-state index contributed by atoms with van der Waals surface area (Å²) in [4.78, 5) is 0. The van der Waals surface area contributed by atoms with Crippen molar-refractivity contribution in [1.29, 1.82) is 0 Å². The molecule has 0 bridgehead atoms. The number of methoxy groups -OCH3 is 1. The van der Waals surface area contributed by atoms with Gasteiger partial charge in [0.1, 0.15) is 11.5 Å². The van der Waals surface area contributed by atoms with Crippen molar-refractivity contribution in [3.05, 3.63) is 53.1 Å². The van der Waals surface area contributed by atoms with Crippen molar-refractivity contribution < 1.29 is 14.6 Å². The van der Waals surface area contributed by atoms with Gasteiger partial charge < -0.3 is 9.47 Å². The predicted molar refractivity (Wildman–Crippen MR) is 121 cm³/mol. The van der Waals surface area contributed by atoms with Gasteiger partial charge in [-0.1, -0.05) is 6.92 Å². The summed E-state index contributed by atoms with van der Waals surface area (Å²) in [5.41, 5.74) is 1.08. The van der Waals surface area contributed by atoms with Crippen LogP contribution < -0.4 is 9.90 Å². The van der Waals surface area contributed by atoms with Gasteiger partial charge in [-0.05, 0) is 59.0 Å². The molecule has 8 heteroatoms. The van der Waals surface area contributed by atoms with Crippen molar-refractivity contribution in [2.24, 2.45) is 5.10 Å². The van der Waals surface area contributed by atoms with Gasteiger partial charge in [0.15, 0.2) is 10.3 Å². The van der Waals surface area contributed by atoms with Crippen LogP contribution in [0.15, 0.2) is 52.6 Å². The van der Waals surface area contributed by atoms with Crippen LogP contribution >= 0.6 is 15.2 Å². The van der Waals surface area contributed by atoms with Crippen molar-refractivity contribution in [1.82, 2.24) is 4.18 Å². The lowest BCUT2D eigenvalue weighted by Gasteiger charge is -2.23. The van der Waals surface area contributed by atoms with Crippen molar-refractivity contribution in [2.75, 3.05) is 13.4 Å². The van der Waals surface area contributed by atoms with Crippen molar-refractivity contribution >= 4 is 31.7 Å². The number of hydrogen-bond donors (Lipinski definition) is 1. The van der Waals surface area contributed by atoms with Gasteiger partial charge in [-0.25, -0.2) is 5.16 Å². The molecular weight excluding hydrogens is 408 g/mol. The van der Waals surface area contributed by atoms with Crippen molar-refractivity contribution in [3.63, 3.8) is 0 Å². The summed E-state index contributed by atoms with van der Waals surface area (Å²) >= 11 is 0. The molecule has 0 fully saturated rings. The number of nitrogens with two attached hydrogens (primary N) is 1. The minimum absolute atomic E-state index is 0.136. The predicted octanol–water partition coefficient (Wildman–Crippen LogP) is 4.80. The van der Waals surface area contributed by atoms with Crippen LogP contribution in [0.1, 0.15) is 45.1 Å². The highest BCUT2D eigenvalue weighted by atomic mass is 32.6. The summed E-state index contributed by atoms with van der Waals surface area (Å²) < 4.78 is 14.1. The average molecular weight is 437 g/mol. The maximum Gasteiger partial charge on any atom is 0.345 e. The molecule has 150 valence electrons. The standard InChI is InChI=1S/C20H28N3O2P2S/c1-5-14-20(2,25-18-10-12-19(26-21)13-11-18)27-23(28(27)4)22-15-16-6-8-17(24-3)9-7-16/h6-10,12,15,21H,5,11,13-14H2,1-4H3/q+1/p+1. The van der Waals surface area contributed by atoms with Gasteiger partial charge in [0.25, 0.3) is 5.34 Å². The normalized spacial score (nSPS) is 22.6. The molecule has 3 rings (SSSR count). The third-order valence-electron chi connectivity index (χ3n) is 4.76. The Bertz CT molecular complexity index is 865. The van der Waals surface area contributed by atoms with Gasteiger partial charge in [-0.3, -0.25) is 0 Å². The summed E-state index contributed by atoms with van der Waals surface area (Å²) in [7, 11) is 2.68. The third-order valence-corrected chi connectivity index (χ3v) is 12.1. The molecule has 0 radical (unpaired) electrons. The number of hydrazone groups is 1. The van der Waals surface area contributed by atoms with E-state index in [0.717, 1.165) is 51.1 Å². The van der Waals surface area contributed by atoms with Crippen molar-refractivity contribution in [3.8, 4) is 5.75 Å². The molecule has 2 N–H and O–H groups in total. The topological polar surface area (TPSA) is 59.4 Å². The number of allylic oxidation sites excluding steroid dienone is 4. The highest BCUT2D eigenvalue weighted by Crippen LogP contribution is 2.63. The molecule has 28 heavy (non-hydrogen) atoms. The molecule has 1 aromatic carbocycles. The second-order valence-electron chi connectivity index (χ2n) is 6.94. The van der Waals surface area contributed by atoms with Crippen LogP contribution in [0.5, 0.6) is 5.75 Å². The summed E-state index contributed by atoms with van der Waals surface area (Å²) in [5.74, 6) is 1.94. The monoisotopic (exact) mass is 437 g/mol. The lowest BCUT2D eigenvalue weighted by Crippen LogP contribution is -2.24. The van der Waals surface area contributed by atoms with Gasteiger partial charge >= 0.3 is 6.85 Å². The van der Waals surface area contributed by atoms with E-state index in [4.69, 9.17) is 19.7 Å². The highest BCUT2D eigenvalue weighted by molar-refractivity contribution is 8.38. The Morgan fingerprint density at radius 3 is 2.64 bits per heavy atom. The van der Waals surface area contributed by atoms with E-state index in [9.17, 15) is 0 Å². The Balaban J connectivity index is 1.71. The fourth-order valence-electron chi connectivity index (χ4n) is 3.28. The largest absolute Gasteiger partial charge is 0.497 e. The van der Waals surface area contributed by atoms with Crippen LogP contribution in [0, 0.1) is 0 Å². The first-order valence-corrected chi connectivity index (χ1v) is 13.9. The lowest BCUT2D eigenvalue weighted by molar-refractivity contribution is -0.0751. The zero-order chi connectivity index (χ0) is 20.1. The van der Waals surface area contributed by atoms with E-state index in [0.29, 0.717) is 0 Å². The van der Waals surface area contributed by atoms with E-state index in [1.165, 1.54) is 5.31 Å². The van der Waals surface area contributed by atoms with Crippen LogP contribution in [0.2, 0.25) is 0 Å². The Labute approximate surface area is 172 Å². The second kappa shape index (κ2) is 9.35. The smallest absolute Gasteiger partial charge is 0.345 e. The molecule has 1 heterocycles. The molecule has 1 aliphatic heterocycles. The maximum absolute atomic E-state index is 6.60. The van der Waals surface area contributed by atoms with Gasteiger partial charge in [0, 0.05) is 31.3 Å². The quantitative estimate of drug-likeness (QED) is 0.446. The van der Waals surface area contributed by atoms with E-state index >= 15 is 0 Å². The first-order valence-electron chi connectivity index (χ1n) is 9.45. The van der Waals surface area contributed by atoms with Gasteiger partial charge in [-0.2, -0.15) is 0 Å². The minimum Gasteiger partial charge on any atom is -0.497 e. The summed E-state index contributed by atoms with van der Waals surface area (Å²) in [6.45, 7) is 4.04. The summed E-state index contributed by atoms with van der Waals surface area (Å²) in [6.07, 6.45) is 12.5. The molecule has 5 nitrogen and oxygen atoms in total. The minimum atomic E-state index is -0.443. The average Bonchev–Trinajstić information content (AvgIpc) is 3.38. The fourth-order valence-corrected chi connectivity index (χ4v) is 10.6. The van der Waals surface area contributed by atoms with Crippen LogP contribution in [-0.2, 0) is 15.0 Å². The SMILES string of the molecule is CCCC(C)(OC1=CC=C(P=[NH2+])CC1)[P+]1=S(C)N1N=Cc1ccc(OC)cc1. The summed E-state index contributed by atoms with van der Waals surface area (Å²) in [6, 6.07) is 7.97. The molecular formula is C20H29N3O2P2S+2. The van der Waals surface area contributed by atoms with Crippen LogP contribution in [0.4, 0.5) is 0 Å². The molecule has 1 aromatic rings. The van der Waals surface area contributed by atoms with E-state index in [1.807, 2.05) is 30.5 Å². The Kier molecular flexibility index (Phi) is 7.09. The Hall–Kier alpha value is -1.48. The zero-order valence-corrected chi connectivity index (χ0v) is 19.6. The third kappa shape index (κ3) is 4.92. The molecule has 2 aliphatic rings. The van der Waals surface area contributed by atoms with Crippen LogP contribution in [0.25, 0.3) is 0 Å². The molecule has 3 atom stereocenters. The molecule has 0 saturated carbocycles.